The summed E-state index contributed by atoms with van der Waals surface area (Å²) in [6.45, 7) is 2.05. The molecule has 1 aliphatic heterocycles. The van der Waals surface area contributed by atoms with Crippen LogP contribution in [-0.4, -0.2) is 19.2 Å². The van der Waals surface area contributed by atoms with E-state index in [2.05, 4.69) is 5.32 Å². The molecule has 1 saturated carbocycles. The molecule has 0 aromatic heterocycles. The summed E-state index contributed by atoms with van der Waals surface area (Å²) in [6, 6.07) is 5.13. The molecule has 104 valence electrons. The highest BCUT2D eigenvalue weighted by atomic mass is 19.4. The van der Waals surface area contributed by atoms with Crippen molar-refractivity contribution in [3.63, 3.8) is 0 Å². The number of benzene rings is 1. The van der Waals surface area contributed by atoms with Gasteiger partial charge in [-0.15, -0.1) is 0 Å². The molecule has 0 amide bonds. The maximum absolute atomic E-state index is 12.6. The van der Waals surface area contributed by atoms with Crippen molar-refractivity contribution in [1.29, 1.82) is 0 Å². The number of nitrogens with one attached hydrogen (secondary N) is 1. The molecule has 0 bridgehead atoms. The molecule has 2 nitrogen and oxygen atoms in total. The van der Waals surface area contributed by atoms with Crippen LogP contribution in [-0.2, 0) is 6.18 Å². The minimum atomic E-state index is -4.31. The third-order valence-corrected chi connectivity index (χ3v) is 4.12. The number of hydrogen-bond acceptors (Lipinski definition) is 2. The molecule has 1 aromatic rings. The average molecular weight is 271 g/mol. The molecular weight excluding hydrogens is 255 g/mol. The summed E-state index contributed by atoms with van der Waals surface area (Å²) in [4.78, 5) is 0. The van der Waals surface area contributed by atoms with E-state index in [0.717, 1.165) is 44.5 Å². The quantitative estimate of drug-likeness (QED) is 0.891. The van der Waals surface area contributed by atoms with Crippen LogP contribution in [0.15, 0.2) is 24.3 Å². The molecule has 1 spiro atoms. The molecular formula is C14H16F3NO. The molecule has 0 radical (unpaired) electrons. The van der Waals surface area contributed by atoms with Crippen LogP contribution in [0.1, 0.15) is 24.8 Å². The van der Waals surface area contributed by atoms with Crippen molar-refractivity contribution in [2.24, 2.45) is 5.41 Å². The van der Waals surface area contributed by atoms with Crippen molar-refractivity contribution in [3.05, 3.63) is 29.8 Å². The Hall–Kier alpha value is -1.23. The molecule has 3 rings (SSSR count). The summed E-state index contributed by atoms with van der Waals surface area (Å²) >= 11 is 0. The van der Waals surface area contributed by atoms with E-state index in [1.54, 1.807) is 6.07 Å². The molecule has 0 atom stereocenters. The van der Waals surface area contributed by atoms with E-state index in [-0.39, 0.29) is 6.10 Å². The van der Waals surface area contributed by atoms with Gasteiger partial charge in [0.25, 0.3) is 0 Å². The summed E-state index contributed by atoms with van der Waals surface area (Å²) in [5.41, 5.74) is -0.312. The number of halogens is 3. The fourth-order valence-corrected chi connectivity index (χ4v) is 3.07. The van der Waals surface area contributed by atoms with Gasteiger partial charge in [-0.3, -0.25) is 0 Å². The van der Waals surface area contributed by atoms with Crippen LogP contribution in [0, 0.1) is 5.41 Å². The lowest BCUT2D eigenvalue weighted by atomic mass is 9.66. The molecule has 2 aliphatic rings. The van der Waals surface area contributed by atoms with Gasteiger partial charge in [-0.2, -0.15) is 13.2 Å². The Morgan fingerprint density at radius 1 is 1.26 bits per heavy atom. The average Bonchev–Trinajstić information content (AvgIpc) is 2.77. The van der Waals surface area contributed by atoms with Crippen LogP contribution in [0.2, 0.25) is 0 Å². The highest BCUT2D eigenvalue weighted by Gasteiger charge is 2.47. The minimum Gasteiger partial charge on any atom is -0.490 e. The predicted molar refractivity (Wildman–Crippen MR) is 65.0 cm³/mol. The van der Waals surface area contributed by atoms with Crippen molar-refractivity contribution < 1.29 is 17.9 Å². The lowest BCUT2D eigenvalue weighted by Gasteiger charge is -2.44. The summed E-state index contributed by atoms with van der Waals surface area (Å²) in [7, 11) is 0. The van der Waals surface area contributed by atoms with Gasteiger partial charge in [0.05, 0.1) is 11.7 Å². The highest BCUT2D eigenvalue weighted by Crippen LogP contribution is 2.47. The van der Waals surface area contributed by atoms with Gasteiger partial charge in [0.2, 0.25) is 0 Å². The largest absolute Gasteiger partial charge is 0.490 e. The maximum atomic E-state index is 12.6. The van der Waals surface area contributed by atoms with Crippen LogP contribution in [0.4, 0.5) is 13.2 Å². The van der Waals surface area contributed by atoms with Gasteiger partial charge in [-0.25, -0.2) is 0 Å². The molecule has 1 N–H and O–H groups in total. The zero-order valence-corrected chi connectivity index (χ0v) is 10.5. The Balaban J connectivity index is 1.62. The first-order chi connectivity index (χ1) is 8.97. The number of hydrogen-bond donors (Lipinski definition) is 1. The summed E-state index contributed by atoms with van der Waals surface area (Å²) < 4.78 is 43.4. The standard InChI is InChI=1S/C14H16F3NO/c15-14(16,17)10-2-1-3-11(6-10)19-12-7-13(8-12)4-5-18-9-13/h1-3,6,12,18H,4-5,7-9H2. The summed E-state index contributed by atoms with van der Waals surface area (Å²) in [5, 5.41) is 3.32. The third-order valence-electron chi connectivity index (χ3n) is 4.12. The number of rotatable bonds is 2. The Morgan fingerprint density at radius 3 is 2.68 bits per heavy atom. The van der Waals surface area contributed by atoms with Gasteiger partial charge in [0.1, 0.15) is 5.75 Å². The molecule has 1 heterocycles. The zero-order valence-electron chi connectivity index (χ0n) is 10.5. The van der Waals surface area contributed by atoms with E-state index in [1.165, 1.54) is 6.07 Å². The summed E-state index contributed by atoms with van der Waals surface area (Å²) in [5.74, 6) is 0.320. The second-order valence-corrected chi connectivity index (χ2v) is 5.60. The van der Waals surface area contributed by atoms with Crippen molar-refractivity contribution in [1.82, 2.24) is 5.32 Å². The normalized spacial score (nSPS) is 30.4. The molecule has 5 heteroatoms. The van der Waals surface area contributed by atoms with Crippen molar-refractivity contribution >= 4 is 0 Å². The first-order valence-corrected chi connectivity index (χ1v) is 6.52. The van der Waals surface area contributed by atoms with Gasteiger partial charge in [-0.05, 0) is 49.4 Å². The van der Waals surface area contributed by atoms with Gasteiger partial charge in [0.15, 0.2) is 0 Å². The van der Waals surface area contributed by atoms with Gasteiger partial charge < -0.3 is 10.1 Å². The van der Waals surface area contributed by atoms with E-state index in [0.29, 0.717) is 11.2 Å². The van der Waals surface area contributed by atoms with Crippen molar-refractivity contribution in [2.75, 3.05) is 13.1 Å². The molecule has 1 aliphatic carbocycles. The van der Waals surface area contributed by atoms with Crippen LogP contribution in [0.25, 0.3) is 0 Å². The van der Waals surface area contributed by atoms with Crippen LogP contribution < -0.4 is 10.1 Å². The lowest BCUT2D eigenvalue weighted by molar-refractivity contribution is -0.137. The second kappa shape index (κ2) is 4.40. The topological polar surface area (TPSA) is 21.3 Å². The Labute approximate surface area is 109 Å². The van der Waals surface area contributed by atoms with Crippen LogP contribution in [0.3, 0.4) is 0 Å². The van der Waals surface area contributed by atoms with Crippen LogP contribution >= 0.6 is 0 Å². The molecule has 19 heavy (non-hydrogen) atoms. The van der Waals surface area contributed by atoms with Gasteiger partial charge in [0, 0.05) is 6.54 Å². The van der Waals surface area contributed by atoms with E-state index in [1.807, 2.05) is 0 Å². The molecule has 2 fully saturated rings. The lowest BCUT2D eigenvalue weighted by Crippen LogP contribution is -2.45. The van der Waals surface area contributed by atoms with Gasteiger partial charge >= 0.3 is 6.18 Å². The van der Waals surface area contributed by atoms with Crippen LogP contribution in [0.5, 0.6) is 5.75 Å². The molecule has 1 aromatic carbocycles. The Morgan fingerprint density at radius 2 is 2.05 bits per heavy atom. The fourth-order valence-electron chi connectivity index (χ4n) is 3.07. The van der Waals surface area contributed by atoms with Crippen molar-refractivity contribution in [3.8, 4) is 5.75 Å². The summed E-state index contributed by atoms with van der Waals surface area (Å²) in [6.07, 6.45) is -1.22. The third kappa shape index (κ3) is 2.56. The SMILES string of the molecule is FC(F)(F)c1cccc(OC2CC3(CCNC3)C2)c1. The number of alkyl halides is 3. The second-order valence-electron chi connectivity index (χ2n) is 5.60. The highest BCUT2D eigenvalue weighted by molar-refractivity contribution is 5.30. The van der Waals surface area contributed by atoms with Gasteiger partial charge in [-0.1, -0.05) is 6.07 Å². The van der Waals surface area contributed by atoms with E-state index >= 15 is 0 Å². The monoisotopic (exact) mass is 271 g/mol. The smallest absolute Gasteiger partial charge is 0.416 e. The van der Waals surface area contributed by atoms with E-state index in [4.69, 9.17) is 4.74 Å². The zero-order chi connectivity index (χ0) is 13.5. The number of ether oxygens (including phenoxy) is 1. The van der Waals surface area contributed by atoms with E-state index < -0.39 is 11.7 Å². The molecule has 0 unspecified atom stereocenters. The first kappa shape index (κ1) is 12.8. The minimum absolute atomic E-state index is 0.0587. The Bertz CT molecular complexity index is 458. The fraction of sp³-hybridized carbons (Fsp3) is 0.571. The molecule has 1 saturated heterocycles. The Kier molecular flexibility index (Phi) is 2.96. The maximum Gasteiger partial charge on any atom is 0.416 e. The van der Waals surface area contributed by atoms with Crippen molar-refractivity contribution in [2.45, 2.75) is 31.5 Å². The first-order valence-electron chi connectivity index (χ1n) is 6.52. The van der Waals surface area contributed by atoms with E-state index in [9.17, 15) is 13.2 Å². The predicted octanol–water partition coefficient (Wildman–Crippen LogP) is 3.23.